The molecule has 0 fully saturated rings. The van der Waals surface area contributed by atoms with E-state index in [-0.39, 0.29) is 0 Å². The van der Waals surface area contributed by atoms with Crippen molar-refractivity contribution in [3.63, 3.8) is 0 Å². The zero-order chi connectivity index (χ0) is 10.3. The van der Waals surface area contributed by atoms with E-state index in [0.717, 1.165) is 5.52 Å². The largest absolute Gasteiger partial charge is 0.435 e. The minimum Gasteiger partial charge on any atom is -0.435 e. The van der Waals surface area contributed by atoms with Crippen LogP contribution in [0.25, 0.3) is 22.7 Å². The predicted molar refractivity (Wildman–Crippen MR) is 57.3 cm³/mol. The summed E-state index contributed by atoms with van der Waals surface area (Å²) in [4.78, 5) is 4.27. The summed E-state index contributed by atoms with van der Waals surface area (Å²) in [7, 11) is 0. The number of anilines is 1. The number of benzene rings is 1. The van der Waals surface area contributed by atoms with Crippen LogP contribution in [0.1, 0.15) is 0 Å². The first kappa shape index (κ1) is 8.37. The number of nitrogen functional groups attached to an aromatic ring is 1. The summed E-state index contributed by atoms with van der Waals surface area (Å²) in [5.41, 5.74) is 8.39. The fraction of sp³-hybridized carbons (Fsp3) is 0. The number of oxazole rings is 1. The van der Waals surface area contributed by atoms with Gasteiger partial charge in [0, 0.05) is 11.1 Å². The van der Waals surface area contributed by atoms with Gasteiger partial charge in [0.2, 0.25) is 5.89 Å². The molecule has 0 amide bonds. The Labute approximate surface area is 88.7 Å². The number of aromatic nitrogens is 3. The van der Waals surface area contributed by atoms with E-state index in [1.807, 2.05) is 0 Å². The Morgan fingerprint density at radius 2 is 2.27 bits per heavy atom. The molecule has 15 heavy (non-hydrogen) atoms. The molecule has 0 aliphatic carbocycles. The van der Waals surface area contributed by atoms with Gasteiger partial charge in [0.25, 0.3) is 0 Å². The Kier molecular flexibility index (Phi) is 1.69. The van der Waals surface area contributed by atoms with Crippen LogP contribution in [0.4, 0.5) is 5.69 Å². The molecule has 0 bridgehead atoms. The van der Waals surface area contributed by atoms with Crippen LogP contribution in [0, 0.1) is 0 Å². The quantitative estimate of drug-likeness (QED) is 0.631. The third-order valence-corrected chi connectivity index (χ3v) is 2.50. The van der Waals surface area contributed by atoms with Crippen LogP contribution in [0.3, 0.4) is 0 Å². The molecule has 0 saturated carbocycles. The van der Waals surface area contributed by atoms with Gasteiger partial charge in [-0.3, -0.25) is 0 Å². The van der Waals surface area contributed by atoms with Crippen molar-refractivity contribution in [3.8, 4) is 11.6 Å². The Morgan fingerprint density at radius 1 is 1.33 bits per heavy atom. The molecule has 2 heterocycles. The Balaban J connectivity index is 2.22. The number of nitrogens with two attached hydrogens (primary N) is 1. The van der Waals surface area contributed by atoms with Crippen LogP contribution in [-0.2, 0) is 0 Å². The lowest BCUT2D eigenvalue weighted by molar-refractivity contribution is 0.616. The maximum atomic E-state index is 5.64. The van der Waals surface area contributed by atoms with E-state index in [1.54, 1.807) is 23.6 Å². The van der Waals surface area contributed by atoms with Crippen LogP contribution in [0.5, 0.6) is 0 Å². The zero-order valence-corrected chi connectivity index (χ0v) is 8.36. The molecule has 5 nitrogen and oxygen atoms in total. The summed E-state index contributed by atoms with van der Waals surface area (Å²) in [6.07, 6.45) is 0. The highest BCUT2D eigenvalue weighted by Gasteiger charge is 2.10. The molecule has 0 spiro atoms. The van der Waals surface area contributed by atoms with E-state index < -0.39 is 0 Å². The van der Waals surface area contributed by atoms with Crippen LogP contribution < -0.4 is 5.73 Å². The molecule has 0 aliphatic heterocycles. The van der Waals surface area contributed by atoms with Crippen molar-refractivity contribution in [2.75, 3.05) is 5.73 Å². The minimum atomic E-state index is 0.476. The van der Waals surface area contributed by atoms with Crippen molar-refractivity contribution in [1.82, 2.24) is 14.6 Å². The summed E-state index contributed by atoms with van der Waals surface area (Å²) in [6.45, 7) is 0. The smallest absolute Gasteiger partial charge is 0.249 e. The topological polar surface area (TPSA) is 77.8 Å². The van der Waals surface area contributed by atoms with Crippen LogP contribution in [0.2, 0.25) is 0 Å². The second-order valence-electron chi connectivity index (χ2n) is 3.04. The van der Waals surface area contributed by atoms with E-state index in [9.17, 15) is 0 Å². The summed E-state index contributed by atoms with van der Waals surface area (Å²) < 4.78 is 9.26. The molecule has 0 atom stereocenters. The molecule has 0 saturated heterocycles. The zero-order valence-electron chi connectivity index (χ0n) is 7.54. The SMILES string of the molecule is Nc1ccc2oc(-c3csnn3)nc2c1. The number of fused-ring (bicyclic) bond motifs is 1. The second kappa shape index (κ2) is 3.03. The van der Waals surface area contributed by atoms with Gasteiger partial charge in [0.15, 0.2) is 11.3 Å². The molecule has 0 aliphatic rings. The first-order valence-electron chi connectivity index (χ1n) is 4.26. The molecule has 3 aromatic rings. The van der Waals surface area contributed by atoms with Gasteiger partial charge in [-0.1, -0.05) is 4.49 Å². The molecular weight excluding hydrogens is 212 g/mol. The lowest BCUT2D eigenvalue weighted by atomic mass is 10.3. The molecule has 2 aromatic heterocycles. The van der Waals surface area contributed by atoms with Gasteiger partial charge in [-0.2, -0.15) is 0 Å². The molecule has 2 N–H and O–H groups in total. The molecule has 74 valence electrons. The molecular formula is C9H6N4OS. The molecule has 0 unspecified atom stereocenters. The molecule has 0 radical (unpaired) electrons. The lowest BCUT2D eigenvalue weighted by Crippen LogP contribution is -1.82. The Morgan fingerprint density at radius 3 is 3.07 bits per heavy atom. The third kappa shape index (κ3) is 1.35. The monoisotopic (exact) mass is 218 g/mol. The van der Waals surface area contributed by atoms with E-state index in [2.05, 4.69) is 14.6 Å². The maximum Gasteiger partial charge on any atom is 0.249 e. The highest BCUT2D eigenvalue weighted by Crippen LogP contribution is 2.24. The normalized spacial score (nSPS) is 10.9. The van der Waals surface area contributed by atoms with Gasteiger partial charge >= 0.3 is 0 Å². The number of rotatable bonds is 1. The second-order valence-corrected chi connectivity index (χ2v) is 3.65. The van der Waals surface area contributed by atoms with Crippen LogP contribution in [0.15, 0.2) is 28.0 Å². The van der Waals surface area contributed by atoms with E-state index in [1.165, 1.54) is 11.5 Å². The van der Waals surface area contributed by atoms with Crippen molar-refractivity contribution in [3.05, 3.63) is 23.6 Å². The van der Waals surface area contributed by atoms with Crippen LogP contribution >= 0.6 is 11.5 Å². The molecule has 1 aromatic carbocycles. The van der Waals surface area contributed by atoms with Gasteiger partial charge in [-0.05, 0) is 29.7 Å². The summed E-state index contributed by atoms with van der Waals surface area (Å²) in [6, 6.07) is 5.33. The average Bonchev–Trinajstić information content (AvgIpc) is 2.84. The first-order chi connectivity index (χ1) is 7.33. The third-order valence-electron chi connectivity index (χ3n) is 1.99. The molecule has 3 rings (SSSR count). The van der Waals surface area contributed by atoms with E-state index in [0.29, 0.717) is 22.9 Å². The summed E-state index contributed by atoms with van der Waals surface area (Å²) in [5.74, 6) is 0.476. The van der Waals surface area contributed by atoms with Crippen LogP contribution in [-0.4, -0.2) is 14.6 Å². The summed E-state index contributed by atoms with van der Waals surface area (Å²) >= 11 is 1.26. The summed E-state index contributed by atoms with van der Waals surface area (Å²) in [5, 5.41) is 5.67. The fourth-order valence-electron chi connectivity index (χ4n) is 1.31. The highest BCUT2D eigenvalue weighted by molar-refractivity contribution is 7.03. The van der Waals surface area contributed by atoms with Gasteiger partial charge in [-0.15, -0.1) is 5.10 Å². The number of hydrogen-bond acceptors (Lipinski definition) is 6. The van der Waals surface area contributed by atoms with E-state index in [4.69, 9.17) is 10.2 Å². The van der Waals surface area contributed by atoms with Crippen molar-refractivity contribution in [2.24, 2.45) is 0 Å². The number of hydrogen-bond donors (Lipinski definition) is 1. The minimum absolute atomic E-state index is 0.476. The predicted octanol–water partition coefficient (Wildman–Crippen LogP) is 1.93. The highest BCUT2D eigenvalue weighted by atomic mass is 32.1. The van der Waals surface area contributed by atoms with E-state index >= 15 is 0 Å². The van der Waals surface area contributed by atoms with Crippen molar-refractivity contribution < 1.29 is 4.42 Å². The van der Waals surface area contributed by atoms with Gasteiger partial charge < -0.3 is 10.2 Å². The fourth-order valence-corrected chi connectivity index (χ4v) is 1.74. The first-order valence-corrected chi connectivity index (χ1v) is 5.10. The standard InChI is InChI=1S/C9H6N4OS/c10-5-1-2-8-6(3-5)11-9(14-8)7-4-15-13-12-7/h1-4H,10H2. The average molecular weight is 218 g/mol. The Hall–Kier alpha value is -1.95. The lowest BCUT2D eigenvalue weighted by Gasteiger charge is -1.88. The maximum absolute atomic E-state index is 5.64. The van der Waals surface area contributed by atoms with Crippen molar-refractivity contribution >= 4 is 28.3 Å². The number of nitrogens with zero attached hydrogens (tertiary/aromatic N) is 3. The van der Waals surface area contributed by atoms with Crippen molar-refractivity contribution in [1.29, 1.82) is 0 Å². The molecule has 6 heteroatoms. The van der Waals surface area contributed by atoms with Gasteiger partial charge in [-0.25, -0.2) is 4.98 Å². The van der Waals surface area contributed by atoms with Gasteiger partial charge in [0.05, 0.1) is 0 Å². The Bertz CT molecular complexity index is 602. The van der Waals surface area contributed by atoms with Gasteiger partial charge in [0.1, 0.15) is 5.52 Å². The van der Waals surface area contributed by atoms with Crippen molar-refractivity contribution in [2.45, 2.75) is 0 Å².